The number of likely N-dealkylation sites (N-methyl/N-ethyl adjacent to an activating group) is 1. The number of hydrogen-bond acceptors (Lipinski definition) is 4. The molecular weight excluding hydrogens is 254 g/mol. The van der Waals surface area contributed by atoms with E-state index in [2.05, 4.69) is 27.4 Å². The van der Waals surface area contributed by atoms with Gasteiger partial charge in [0.15, 0.2) is 0 Å². The number of rotatable bonds is 3. The minimum Gasteiger partial charge on any atom is -0.356 e. The van der Waals surface area contributed by atoms with Crippen LogP contribution in [0.15, 0.2) is 6.20 Å². The fourth-order valence-corrected chi connectivity index (χ4v) is 3.01. The van der Waals surface area contributed by atoms with Crippen LogP contribution < -0.4 is 10.6 Å². The zero-order chi connectivity index (χ0) is 13.9. The molecule has 0 radical (unpaired) electrons. The highest BCUT2D eigenvalue weighted by molar-refractivity contribution is 5.92. The molecule has 1 atom stereocenters. The highest BCUT2D eigenvalue weighted by atomic mass is 16.2. The fourth-order valence-electron chi connectivity index (χ4n) is 3.01. The van der Waals surface area contributed by atoms with E-state index < -0.39 is 0 Å². The van der Waals surface area contributed by atoms with Gasteiger partial charge in [-0.2, -0.15) is 0 Å². The first kappa shape index (κ1) is 13.4. The Labute approximate surface area is 119 Å². The predicted octanol–water partition coefficient (Wildman–Crippen LogP) is 0.913. The molecule has 2 N–H and O–H groups in total. The zero-order valence-electron chi connectivity index (χ0n) is 12.1. The van der Waals surface area contributed by atoms with E-state index in [-0.39, 0.29) is 11.9 Å². The third kappa shape index (κ3) is 2.80. The lowest BCUT2D eigenvalue weighted by Gasteiger charge is -2.32. The molecule has 2 aliphatic rings. The molecule has 110 valence electrons. The number of hydrogen-bond donors (Lipinski definition) is 2. The second-order valence-electron chi connectivity index (χ2n) is 5.63. The van der Waals surface area contributed by atoms with Gasteiger partial charge in [-0.05, 0) is 32.4 Å². The van der Waals surface area contributed by atoms with E-state index in [1.807, 2.05) is 10.8 Å². The molecule has 1 aromatic heterocycles. The second-order valence-corrected chi connectivity index (χ2v) is 5.63. The molecule has 0 aliphatic carbocycles. The fraction of sp³-hybridized carbons (Fsp3) is 0.714. The lowest BCUT2D eigenvalue weighted by Crippen LogP contribution is -2.47. The van der Waals surface area contributed by atoms with Crippen molar-refractivity contribution in [3.63, 3.8) is 0 Å². The van der Waals surface area contributed by atoms with E-state index in [0.29, 0.717) is 5.69 Å². The number of imidazole rings is 1. The van der Waals surface area contributed by atoms with Crippen LogP contribution in [-0.4, -0.2) is 52.6 Å². The summed E-state index contributed by atoms with van der Waals surface area (Å²) in [5, 5.41) is 6.35. The summed E-state index contributed by atoms with van der Waals surface area (Å²) in [6, 6.07) is 0.253. The van der Waals surface area contributed by atoms with Crippen LogP contribution in [-0.2, 0) is 6.54 Å². The van der Waals surface area contributed by atoms with Crippen molar-refractivity contribution < 1.29 is 4.79 Å². The molecular formula is C14H23N5O. The van der Waals surface area contributed by atoms with Gasteiger partial charge in [-0.3, -0.25) is 4.79 Å². The molecule has 0 bridgehead atoms. The number of piperidine rings is 1. The maximum atomic E-state index is 12.3. The summed E-state index contributed by atoms with van der Waals surface area (Å²) in [6.07, 6.45) is 5.16. The molecule has 6 nitrogen and oxygen atoms in total. The van der Waals surface area contributed by atoms with Gasteiger partial charge in [0.05, 0.1) is 0 Å². The SMILES string of the molecule is CCN1CCCC(NC(=O)c2cn3c(n2)NCCC3)C1. The van der Waals surface area contributed by atoms with Gasteiger partial charge in [0.1, 0.15) is 5.69 Å². The van der Waals surface area contributed by atoms with Gasteiger partial charge < -0.3 is 20.1 Å². The molecule has 20 heavy (non-hydrogen) atoms. The lowest BCUT2D eigenvalue weighted by molar-refractivity contribution is 0.0901. The molecule has 3 heterocycles. The summed E-state index contributed by atoms with van der Waals surface area (Å²) in [5.74, 6) is 0.775. The first-order valence-electron chi connectivity index (χ1n) is 7.60. The number of fused-ring (bicyclic) bond motifs is 1. The van der Waals surface area contributed by atoms with E-state index >= 15 is 0 Å². The van der Waals surface area contributed by atoms with Gasteiger partial charge in [-0.15, -0.1) is 0 Å². The molecule has 1 saturated heterocycles. The third-order valence-electron chi connectivity index (χ3n) is 4.16. The number of aromatic nitrogens is 2. The topological polar surface area (TPSA) is 62.2 Å². The highest BCUT2D eigenvalue weighted by Crippen LogP contribution is 2.15. The van der Waals surface area contributed by atoms with E-state index in [1.54, 1.807) is 0 Å². The quantitative estimate of drug-likeness (QED) is 0.862. The van der Waals surface area contributed by atoms with Crippen LogP contribution in [0.2, 0.25) is 0 Å². The maximum Gasteiger partial charge on any atom is 0.271 e. The number of carbonyl (C=O) groups is 1. The van der Waals surface area contributed by atoms with Gasteiger partial charge in [0.2, 0.25) is 5.95 Å². The van der Waals surface area contributed by atoms with Crippen LogP contribution in [0.5, 0.6) is 0 Å². The summed E-state index contributed by atoms with van der Waals surface area (Å²) in [6.45, 7) is 7.19. The van der Waals surface area contributed by atoms with Gasteiger partial charge >= 0.3 is 0 Å². The number of aryl methyl sites for hydroxylation is 1. The number of amides is 1. The van der Waals surface area contributed by atoms with Crippen molar-refractivity contribution in [2.24, 2.45) is 0 Å². The Balaban J connectivity index is 1.62. The monoisotopic (exact) mass is 277 g/mol. The maximum absolute atomic E-state index is 12.3. The molecule has 0 saturated carbocycles. The van der Waals surface area contributed by atoms with Gasteiger partial charge in [-0.1, -0.05) is 6.92 Å². The Morgan fingerprint density at radius 3 is 3.20 bits per heavy atom. The van der Waals surface area contributed by atoms with Gasteiger partial charge in [0.25, 0.3) is 5.91 Å². The summed E-state index contributed by atoms with van der Waals surface area (Å²) < 4.78 is 2.03. The van der Waals surface area contributed by atoms with Crippen LogP contribution in [0.4, 0.5) is 5.95 Å². The van der Waals surface area contributed by atoms with Crippen LogP contribution in [0.3, 0.4) is 0 Å². The van der Waals surface area contributed by atoms with E-state index in [1.165, 1.54) is 0 Å². The summed E-state index contributed by atoms with van der Waals surface area (Å²) in [4.78, 5) is 19.1. The molecule has 2 aliphatic heterocycles. The number of nitrogens with one attached hydrogen (secondary N) is 2. The van der Waals surface area contributed by atoms with E-state index in [0.717, 1.165) is 57.9 Å². The van der Waals surface area contributed by atoms with Crippen LogP contribution in [0, 0.1) is 0 Å². The average Bonchev–Trinajstić information content (AvgIpc) is 2.91. The summed E-state index contributed by atoms with van der Waals surface area (Å²) in [7, 11) is 0. The molecule has 6 heteroatoms. The average molecular weight is 277 g/mol. The molecule has 1 fully saturated rings. The molecule has 0 aromatic carbocycles. The Bertz CT molecular complexity index is 460. The third-order valence-corrected chi connectivity index (χ3v) is 4.16. The van der Waals surface area contributed by atoms with E-state index in [4.69, 9.17) is 0 Å². The molecule has 3 rings (SSSR count). The molecule has 1 unspecified atom stereocenters. The van der Waals surface area contributed by atoms with E-state index in [9.17, 15) is 4.79 Å². The molecule has 1 aromatic rings. The van der Waals surface area contributed by atoms with Crippen molar-refractivity contribution in [2.45, 2.75) is 38.8 Å². The van der Waals surface area contributed by atoms with Gasteiger partial charge in [-0.25, -0.2) is 4.98 Å². The first-order valence-corrected chi connectivity index (χ1v) is 7.60. The number of likely N-dealkylation sites (tertiary alicyclic amines) is 1. The summed E-state index contributed by atoms with van der Waals surface area (Å²) >= 11 is 0. The first-order chi connectivity index (χ1) is 9.76. The lowest BCUT2D eigenvalue weighted by atomic mass is 10.1. The molecule has 1 amide bonds. The Morgan fingerprint density at radius 1 is 1.50 bits per heavy atom. The smallest absolute Gasteiger partial charge is 0.271 e. The van der Waals surface area contributed by atoms with Crippen LogP contribution in [0.25, 0.3) is 0 Å². The highest BCUT2D eigenvalue weighted by Gasteiger charge is 2.23. The Hall–Kier alpha value is -1.56. The van der Waals surface area contributed by atoms with Crippen LogP contribution in [0.1, 0.15) is 36.7 Å². The van der Waals surface area contributed by atoms with Crippen molar-refractivity contribution in [1.82, 2.24) is 19.8 Å². The second kappa shape index (κ2) is 5.83. The van der Waals surface area contributed by atoms with Crippen LogP contribution >= 0.6 is 0 Å². The van der Waals surface area contributed by atoms with Gasteiger partial charge in [0, 0.05) is 31.9 Å². The Morgan fingerprint density at radius 2 is 2.40 bits per heavy atom. The number of anilines is 1. The Kier molecular flexibility index (Phi) is 3.91. The largest absolute Gasteiger partial charge is 0.356 e. The van der Waals surface area contributed by atoms with Crippen molar-refractivity contribution in [3.05, 3.63) is 11.9 Å². The minimum absolute atomic E-state index is 0.0448. The van der Waals surface area contributed by atoms with Crippen molar-refractivity contribution in [2.75, 3.05) is 31.5 Å². The van der Waals surface area contributed by atoms with Crippen molar-refractivity contribution in [3.8, 4) is 0 Å². The van der Waals surface area contributed by atoms with Crippen molar-refractivity contribution >= 4 is 11.9 Å². The predicted molar refractivity (Wildman–Crippen MR) is 77.9 cm³/mol. The zero-order valence-corrected chi connectivity index (χ0v) is 12.1. The number of carbonyl (C=O) groups excluding carboxylic acids is 1. The normalized spacial score (nSPS) is 22.9. The molecule has 0 spiro atoms. The standard InChI is InChI=1S/C14H23N5O/c1-2-18-7-3-5-11(9-18)16-13(20)12-10-19-8-4-6-15-14(19)17-12/h10-11H,2-9H2,1H3,(H,15,17)(H,16,20). The number of nitrogens with zero attached hydrogens (tertiary/aromatic N) is 3. The van der Waals surface area contributed by atoms with Crippen molar-refractivity contribution in [1.29, 1.82) is 0 Å². The summed E-state index contributed by atoms with van der Waals surface area (Å²) in [5.41, 5.74) is 0.531. The minimum atomic E-state index is -0.0448.